The molecule has 3 aromatic heterocycles. The molecule has 277 valence electrons. The summed E-state index contributed by atoms with van der Waals surface area (Å²) in [4.78, 5) is 16.8. The Morgan fingerprint density at radius 3 is 2.23 bits per heavy atom. The molecule has 0 unspecified atom stereocenters. The second-order valence-corrected chi connectivity index (χ2v) is 17.0. The van der Waals surface area contributed by atoms with E-state index in [2.05, 4.69) is 112 Å². The molecular weight excluding hydrogens is 855 g/mol. The number of hydrogen-bond acceptors (Lipinski definition) is 5. The molecule has 6 heteroatoms. The number of aliphatic hydroxyl groups is 1. The van der Waals surface area contributed by atoms with Gasteiger partial charge in [-0.1, -0.05) is 110 Å². The van der Waals surface area contributed by atoms with E-state index in [1.165, 1.54) is 48.5 Å². The van der Waals surface area contributed by atoms with E-state index in [-0.39, 0.29) is 48.9 Å². The van der Waals surface area contributed by atoms with Gasteiger partial charge in [-0.3, -0.25) is 9.78 Å². The zero-order valence-electron chi connectivity index (χ0n) is 32.2. The van der Waals surface area contributed by atoms with Crippen molar-refractivity contribution < 1.29 is 30.0 Å². The third-order valence-electron chi connectivity index (χ3n) is 9.95. The van der Waals surface area contributed by atoms with Gasteiger partial charge >= 0.3 is 0 Å². The number of carbonyl (C=O) groups excluding carboxylic acids is 1. The number of pyridine rings is 1. The summed E-state index contributed by atoms with van der Waals surface area (Å²) in [6.45, 7) is 19.5. The van der Waals surface area contributed by atoms with Gasteiger partial charge < -0.3 is 5.11 Å². The van der Waals surface area contributed by atoms with Crippen molar-refractivity contribution in [2.75, 3.05) is 0 Å². The molecule has 0 saturated carbocycles. The molecule has 0 spiro atoms. The summed E-state index contributed by atoms with van der Waals surface area (Å²) in [5.74, 6) is 1.21. The largest absolute Gasteiger partial charge is 0.512 e. The molecular formula is C46H54IrNO2S2-. The van der Waals surface area contributed by atoms with Crippen molar-refractivity contribution in [3.8, 4) is 22.4 Å². The van der Waals surface area contributed by atoms with Gasteiger partial charge in [0.05, 0.1) is 16.0 Å². The van der Waals surface area contributed by atoms with Crippen LogP contribution >= 0.6 is 22.7 Å². The molecule has 0 bridgehead atoms. The maximum Gasteiger partial charge on any atom is 0.162 e. The van der Waals surface area contributed by atoms with Crippen molar-refractivity contribution in [2.45, 2.75) is 99.8 Å². The summed E-state index contributed by atoms with van der Waals surface area (Å²) >= 11 is 3.63. The molecule has 3 nitrogen and oxygen atoms in total. The number of allylic oxidation sites excluding steroid dienone is 2. The van der Waals surface area contributed by atoms with Gasteiger partial charge in [0.25, 0.3) is 0 Å². The van der Waals surface area contributed by atoms with E-state index < -0.39 is 0 Å². The monoisotopic (exact) mass is 909 g/mol. The third-order valence-corrected chi connectivity index (χ3v) is 11.9. The van der Waals surface area contributed by atoms with Crippen molar-refractivity contribution in [2.24, 2.45) is 17.8 Å². The molecule has 0 amide bonds. The number of nitrogens with zero attached hydrogens (tertiary/aromatic N) is 1. The van der Waals surface area contributed by atoms with E-state index in [1.807, 2.05) is 39.0 Å². The molecule has 0 fully saturated rings. The number of rotatable bonds is 11. The number of thiophene rings is 2. The van der Waals surface area contributed by atoms with E-state index in [0.717, 1.165) is 54.3 Å². The van der Waals surface area contributed by atoms with E-state index in [9.17, 15) is 9.90 Å². The molecule has 0 atom stereocenters. The van der Waals surface area contributed by atoms with Gasteiger partial charge in [-0.15, -0.1) is 51.8 Å². The molecule has 0 aliphatic rings. The van der Waals surface area contributed by atoms with Crippen molar-refractivity contribution in [3.05, 3.63) is 100 Å². The number of carbonyl (C=O) groups is 1. The van der Waals surface area contributed by atoms with Crippen molar-refractivity contribution in [3.63, 3.8) is 0 Å². The maximum absolute atomic E-state index is 11.7. The van der Waals surface area contributed by atoms with Gasteiger partial charge in [-0.05, 0) is 88.4 Å². The predicted molar refractivity (Wildman–Crippen MR) is 223 cm³/mol. The second kappa shape index (κ2) is 18.3. The van der Waals surface area contributed by atoms with E-state index in [0.29, 0.717) is 5.92 Å². The number of benzene rings is 3. The second-order valence-electron chi connectivity index (χ2n) is 15.2. The van der Waals surface area contributed by atoms with Crippen LogP contribution in [0.25, 0.3) is 53.5 Å². The number of aromatic nitrogens is 1. The SMILES string of the molecule is CC(C)Cc1csc2cc(-c3cc(-c4[c-]c5ccccc5c(C(C)(C)C)c4)nc4ccsc34)ccc12.CCC(CC)C(=O)/C=C(\O)C(CC)CC.[Ir]. The average Bonchev–Trinajstić information content (AvgIpc) is 3.75. The van der Waals surface area contributed by atoms with Gasteiger partial charge in [0.2, 0.25) is 0 Å². The average molecular weight is 909 g/mol. The summed E-state index contributed by atoms with van der Waals surface area (Å²) in [5.41, 5.74) is 8.43. The van der Waals surface area contributed by atoms with E-state index >= 15 is 0 Å². The van der Waals surface area contributed by atoms with Crippen LogP contribution in [0.3, 0.4) is 0 Å². The molecule has 0 aliphatic carbocycles. The van der Waals surface area contributed by atoms with Crippen LogP contribution in [0.5, 0.6) is 0 Å². The van der Waals surface area contributed by atoms with Crippen molar-refractivity contribution in [1.82, 2.24) is 4.98 Å². The Labute approximate surface area is 333 Å². The van der Waals surface area contributed by atoms with Crippen LogP contribution in [0.15, 0.2) is 83.3 Å². The summed E-state index contributed by atoms with van der Waals surface area (Å²) in [7, 11) is 0. The molecule has 1 radical (unpaired) electrons. The summed E-state index contributed by atoms with van der Waals surface area (Å²) < 4.78 is 2.60. The quantitative estimate of drug-likeness (QED) is 0.0800. The Bertz CT molecular complexity index is 2140. The topological polar surface area (TPSA) is 50.2 Å². The fourth-order valence-corrected chi connectivity index (χ4v) is 8.81. The Balaban J connectivity index is 0.000000323. The van der Waals surface area contributed by atoms with Gasteiger partial charge in [0, 0.05) is 48.4 Å². The summed E-state index contributed by atoms with van der Waals surface area (Å²) in [5, 5.41) is 18.1. The van der Waals surface area contributed by atoms with Crippen LogP contribution in [0.4, 0.5) is 0 Å². The van der Waals surface area contributed by atoms with Crippen LogP contribution in [-0.4, -0.2) is 15.9 Å². The number of aliphatic hydroxyl groups excluding tert-OH is 1. The Kier molecular flexibility index (Phi) is 14.6. The van der Waals surface area contributed by atoms with Gasteiger partial charge in [0.15, 0.2) is 5.78 Å². The van der Waals surface area contributed by atoms with E-state index in [1.54, 1.807) is 11.3 Å². The minimum Gasteiger partial charge on any atom is -0.512 e. The Morgan fingerprint density at radius 1 is 0.885 bits per heavy atom. The maximum atomic E-state index is 11.7. The first-order chi connectivity index (χ1) is 24.4. The smallest absolute Gasteiger partial charge is 0.162 e. The molecule has 1 N–H and O–H groups in total. The first-order valence-electron chi connectivity index (χ1n) is 18.7. The molecule has 52 heavy (non-hydrogen) atoms. The van der Waals surface area contributed by atoms with Gasteiger partial charge in [-0.25, -0.2) is 0 Å². The van der Waals surface area contributed by atoms with Crippen LogP contribution in [0.2, 0.25) is 0 Å². The fourth-order valence-electron chi connectivity index (χ4n) is 6.93. The molecule has 0 aliphatic heterocycles. The van der Waals surface area contributed by atoms with Crippen molar-refractivity contribution >= 4 is 59.5 Å². The normalized spacial score (nSPS) is 12.2. The number of hydrogen-bond donors (Lipinski definition) is 1. The minimum absolute atomic E-state index is 0. The zero-order valence-corrected chi connectivity index (χ0v) is 36.3. The third kappa shape index (κ3) is 9.49. The zero-order chi connectivity index (χ0) is 36.9. The van der Waals surface area contributed by atoms with E-state index in [4.69, 9.17) is 4.98 Å². The number of fused-ring (bicyclic) bond motifs is 3. The first kappa shape index (κ1) is 41.6. The first-order valence-corrected chi connectivity index (χ1v) is 20.4. The molecule has 6 rings (SSSR count). The van der Waals surface area contributed by atoms with Crippen LogP contribution in [0.1, 0.15) is 99.1 Å². The fraction of sp³-hybridized carbons (Fsp3) is 0.391. The summed E-state index contributed by atoms with van der Waals surface area (Å²) in [6.07, 6.45) is 6.03. The summed E-state index contributed by atoms with van der Waals surface area (Å²) in [6, 6.07) is 26.0. The minimum atomic E-state index is 0. The molecule has 6 aromatic rings. The Morgan fingerprint density at radius 2 is 1.58 bits per heavy atom. The van der Waals surface area contributed by atoms with Crippen LogP contribution in [0, 0.1) is 23.8 Å². The van der Waals surface area contributed by atoms with Crippen molar-refractivity contribution in [1.29, 1.82) is 0 Å². The molecule has 0 saturated heterocycles. The standard InChI is InChI=1S/C33H30NS2.C13H24O2.Ir/c1-20(2)14-24-19-36-31-17-22(10-11-26(24)31)27-18-30(34-29-12-13-35-32(27)29)23-15-21-8-6-7-9-25(21)28(16-23)33(3,4)5;1-5-10(6-2)12(14)9-13(15)11(7-3)8-4;/h6-13,16-20H,14H2,1-5H3;9-11,14H,5-8H2,1-4H3;/q-1;;/b;12-9-;. The Hall–Kier alpha value is -3.15. The van der Waals surface area contributed by atoms with Gasteiger partial charge in [-0.2, -0.15) is 0 Å². The predicted octanol–water partition coefficient (Wildman–Crippen LogP) is 14.2. The van der Waals surface area contributed by atoms with Gasteiger partial charge in [0.1, 0.15) is 0 Å². The van der Waals surface area contributed by atoms with Crippen LogP contribution in [-0.2, 0) is 36.7 Å². The van der Waals surface area contributed by atoms with Crippen LogP contribution < -0.4 is 0 Å². The molecule has 3 aromatic carbocycles. The molecule has 3 heterocycles. The number of ketones is 1.